The monoisotopic (exact) mass is 332 g/mol. The minimum absolute atomic E-state index is 0.0749. The molecular weight excluding hydrogens is 308 g/mol. The highest BCUT2D eigenvalue weighted by Crippen LogP contribution is 2.28. The Balaban J connectivity index is 1.50. The van der Waals surface area contributed by atoms with E-state index in [9.17, 15) is 4.79 Å². The molecule has 24 heavy (non-hydrogen) atoms. The van der Waals surface area contributed by atoms with Crippen LogP contribution in [0.3, 0.4) is 0 Å². The Labute approximate surface area is 142 Å². The van der Waals surface area contributed by atoms with Crippen LogP contribution in [0.4, 0.5) is 5.82 Å². The molecule has 1 atom stereocenters. The molecule has 1 amide bonds. The second-order valence-corrected chi connectivity index (χ2v) is 6.57. The smallest absolute Gasteiger partial charge is 0.253 e. The van der Waals surface area contributed by atoms with Gasteiger partial charge in [0.2, 0.25) is 0 Å². The van der Waals surface area contributed by atoms with Crippen LogP contribution in [0.5, 0.6) is 0 Å². The second kappa shape index (κ2) is 7.03. The molecule has 2 fully saturated rings. The predicted octanol–water partition coefficient (Wildman–Crippen LogP) is 0.419. The number of morpholine rings is 2. The van der Waals surface area contributed by atoms with E-state index < -0.39 is 6.10 Å². The Kier molecular flexibility index (Phi) is 4.62. The quantitative estimate of drug-likeness (QED) is 0.782. The van der Waals surface area contributed by atoms with Gasteiger partial charge in [-0.15, -0.1) is 0 Å². The molecule has 1 unspecified atom stereocenters. The van der Waals surface area contributed by atoms with Gasteiger partial charge in [-0.3, -0.25) is 4.79 Å². The standard InChI is InChI=1S/C17H24N4O3/c22-17(20-5-8-23-9-6-20)15-11-21(7-10-24-15)16-13-3-1-2-4-14(13)18-12-19-16/h12,15H,1-11H2. The van der Waals surface area contributed by atoms with E-state index in [4.69, 9.17) is 9.47 Å². The molecule has 1 aromatic heterocycles. The maximum absolute atomic E-state index is 12.7. The first kappa shape index (κ1) is 15.8. The third-order valence-electron chi connectivity index (χ3n) is 5.07. The Bertz CT molecular complexity index is 603. The molecule has 0 radical (unpaired) electrons. The van der Waals surface area contributed by atoms with Crippen molar-refractivity contribution in [1.29, 1.82) is 0 Å². The number of carbonyl (C=O) groups is 1. The van der Waals surface area contributed by atoms with Gasteiger partial charge in [-0.25, -0.2) is 9.97 Å². The van der Waals surface area contributed by atoms with Crippen LogP contribution in [-0.4, -0.2) is 72.9 Å². The molecule has 0 spiro atoms. The van der Waals surface area contributed by atoms with Gasteiger partial charge in [0.05, 0.1) is 26.4 Å². The van der Waals surface area contributed by atoms with E-state index in [2.05, 4.69) is 14.9 Å². The third kappa shape index (κ3) is 3.10. The summed E-state index contributed by atoms with van der Waals surface area (Å²) in [6, 6.07) is 0. The summed E-state index contributed by atoms with van der Waals surface area (Å²) in [6.07, 6.45) is 5.70. The number of aryl methyl sites for hydroxylation is 1. The molecule has 3 aliphatic rings. The van der Waals surface area contributed by atoms with Crippen LogP contribution in [0.1, 0.15) is 24.1 Å². The maximum Gasteiger partial charge on any atom is 0.253 e. The summed E-state index contributed by atoms with van der Waals surface area (Å²) in [6.45, 7) is 4.43. The fraction of sp³-hybridized carbons (Fsp3) is 0.706. The Morgan fingerprint density at radius 3 is 2.79 bits per heavy atom. The first-order valence-corrected chi connectivity index (χ1v) is 8.89. The third-order valence-corrected chi connectivity index (χ3v) is 5.07. The van der Waals surface area contributed by atoms with Gasteiger partial charge in [0.25, 0.3) is 5.91 Å². The summed E-state index contributed by atoms with van der Waals surface area (Å²) >= 11 is 0. The zero-order valence-electron chi connectivity index (χ0n) is 13.9. The van der Waals surface area contributed by atoms with E-state index in [1.54, 1.807) is 6.33 Å². The van der Waals surface area contributed by atoms with Crippen molar-refractivity contribution in [1.82, 2.24) is 14.9 Å². The maximum atomic E-state index is 12.7. The number of fused-ring (bicyclic) bond motifs is 1. The average molecular weight is 332 g/mol. The summed E-state index contributed by atoms with van der Waals surface area (Å²) < 4.78 is 11.1. The van der Waals surface area contributed by atoms with Crippen LogP contribution in [0.25, 0.3) is 0 Å². The first-order valence-electron chi connectivity index (χ1n) is 8.89. The molecule has 1 aromatic rings. The van der Waals surface area contributed by atoms with Gasteiger partial charge in [-0.05, 0) is 25.7 Å². The molecule has 0 bridgehead atoms. The fourth-order valence-corrected chi connectivity index (χ4v) is 3.75. The van der Waals surface area contributed by atoms with Crippen LogP contribution >= 0.6 is 0 Å². The lowest BCUT2D eigenvalue weighted by Crippen LogP contribution is -2.53. The van der Waals surface area contributed by atoms with E-state index in [-0.39, 0.29) is 5.91 Å². The van der Waals surface area contributed by atoms with Gasteiger partial charge in [0.15, 0.2) is 6.10 Å². The lowest BCUT2D eigenvalue weighted by molar-refractivity contribution is -0.148. The number of anilines is 1. The molecule has 7 nitrogen and oxygen atoms in total. The van der Waals surface area contributed by atoms with Crippen LogP contribution in [0, 0.1) is 0 Å². The number of amides is 1. The van der Waals surface area contributed by atoms with Crippen molar-refractivity contribution in [2.45, 2.75) is 31.8 Å². The van der Waals surface area contributed by atoms with E-state index in [1.807, 2.05) is 4.90 Å². The molecular formula is C17H24N4O3. The molecule has 130 valence electrons. The van der Waals surface area contributed by atoms with E-state index in [0.717, 1.165) is 25.2 Å². The topological polar surface area (TPSA) is 67.8 Å². The summed E-state index contributed by atoms with van der Waals surface area (Å²) in [5.41, 5.74) is 2.44. The molecule has 2 saturated heterocycles. The number of hydrogen-bond acceptors (Lipinski definition) is 6. The molecule has 0 saturated carbocycles. The SMILES string of the molecule is O=C(C1CN(c2ncnc3c2CCCC3)CCO1)N1CCOCC1. The average Bonchev–Trinajstić information content (AvgIpc) is 2.68. The molecule has 7 heteroatoms. The summed E-state index contributed by atoms with van der Waals surface area (Å²) in [5.74, 6) is 1.08. The van der Waals surface area contributed by atoms with Crippen LogP contribution in [0.2, 0.25) is 0 Å². The number of carbonyl (C=O) groups excluding carboxylic acids is 1. The van der Waals surface area contributed by atoms with Crippen molar-refractivity contribution in [3.05, 3.63) is 17.6 Å². The van der Waals surface area contributed by atoms with E-state index in [0.29, 0.717) is 39.5 Å². The van der Waals surface area contributed by atoms with Gasteiger partial charge in [-0.1, -0.05) is 0 Å². The van der Waals surface area contributed by atoms with Crippen molar-refractivity contribution in [3.63, 3.8) is 0 Å². The number of nitrogens with zero attached hydrogens (tertiary/aromatic N) is 4. The fourth-order valence-electron chi connectivity index (χ4n) is 3.75. The molecule has 0 aromatic carbocycles. The molecule has 0 N–H and O–H groups in total. The highest BCUT2D eigenvalue weighted by molar-refractivity contribution is 5.82. The Morgan fingerprint density at radius 2 is 1.92 bits per heavy atom. The summed E-state index contributed by atoms with van der Waals surface area (Å²) in [4.78, 5) is 25.7. The molecule has 1 aliphatic carbocycles. The lowest BCUT2D eigenvalue weighted by Gasteiger charge is -2.37. The van der Waals surface area contributed by atoms with Gasteiger partial charge >= 0.3 is 0 Å². The first-order chi connectivity index (χ1) is 11.8. The van der Waals surface area contributed by atoms with Crippen LogP contribution in [-0.2, 0) is 27.1 Å². The number of ether oxygens (including phenoxy) is 2. The molecule has 4 rings (SSSR count). The normalized spacial score (nSPS) is 24.6. The highest BCUT2D eigenvalue weighted by atomic mass is 16.5. The Morgan fingerprint density at radius 1 is 1.08 bits per heavy atom. The number of hydrogen-bond donors (Lipinski definition) is 0. The van der Waals surface area contributed by atoms with E-state index in [1.165, 1.54) is 24.1 Å². The molecule has 3 heterocycles. The van der Waals surface area contributed by atoms with Crippen LogP contribution < -0.4 is 4.90 Å². The van der Waals surface area contributed by atoms with Gasteiger partial charge in [0.1, 0.15) is 12.1 Å². The largest absolute Gasteiger partial charge is 0.378 e. The predicted molar refractivity (Wildman–Crippen MR) is 88.0 cm³/mol. The van der Waals surface area contributed by atoms with Crippen molar-refractivity contribution in [3.8, 4) is 0 Å². The van der Waals surface area contributed by atoms with Crippen molar-refractivity contribution >= 4 is 11.7 Å². The van der Waals surface area contributed by atoms with Gasteiger partial charge in [0, 0.05) is 30.9 Å². The van der Waals surface area contributed by atoms with Crippen molar-refractivity contribution in [2.75, 3.05) is 50.9 Å². The summed E-state index contributed by atoms with van der Waals surface area (Å²) in [7, 11) is 0. The zero-order chi connectivity index (χ0) is 16.4. The number of rotatable bonds is 2. The minimum Gasteiger partial charge on any atom is -0.378 e. The van der Waals surface area contributed by atoms with Crippen LogP contribution in [0.15, 0.2) is 6.33 Å². The zero-order valence-corrected chi connectivity index (χ0v) is 13.9. The number of aromatic nitrogens is 2. The van der Waals surface area contributed by atoms with Crippen molar-refractivity contribution in [2.24, 2.45) is 0 Å². The Hall–Kier alpha value is -1.73. The summed E-state index contributed by atoms with van der Waals surface area (Å²) in [5, 5.41) is 0. The molecule has 2 aliphatic heterocycles. The minimum atomic E-state index is -0.411. The van der Waals surface area contributed by atoms with Gasteiger partial charge < -0.3 is 19.3 Å². The van der Waals surface area contributed by atoms with E-state index >= 15 is 0 Å². The van der Waals surface area contributed by atoms with Crippen molar-refractivity contribution < 1.29 is 14.3 Å². The second-order valence-electron chi connectivity index (χ2n) is 6.57. The highest BCUT2D eigenvalue weighted by Gasteiger charge is 2.32. The lowest BCUT2D eigenvalue weighted by atomic mass is 9.96. The van der Waals surface area contributed by atoms with Gasteiger partial charge in [-0.2, -0.15) is 0 Å².